The molecule has 0 aromatic heterocycles. The van der Waals surface area contributed by atoms with Gasteiger partial charge in [0.25, 0.3) is 5.91 Å². The van der Waals surface area contributed by atoms with Gasteiger partial charge in [0.2, 0.25) is 5.91 Å². The fourth-order valence-corrected chi connectivity index (χ4v) is 3.67. The number of aryl methyl sites for hydroxylation is 2. The van der Waals surface area contributed by atoms with Gasteiger partial charge in [-0.1, -0.05) is 42.0 Å². The maximum absolute atomic E-state index is 12.9. The van der Waals surface area contributed by atoms with E-state index in [-0.39, 0.29) is 11.8 Å². The summed E-state index contributed by atoms with van der Waals surface area (Å²) in [5, 5.41) is 3.08. The van der Waals surface area contributed by atoms with Crippen LogP contribution in [0.25, 0.3) is 0 Å². The molecular weight excluding hydrogens is 336 g/mol. The van der Waals surface area contributed by atoms with Crippen molar-refractivity contribution in [2.24, 2.45) is 5.41 Å². The first-order valence-corrected chi connectivity index (χ1v) is 9.58. The molecule has 2 aromatic rings. The van der Waals surface area contributed by atoms with Gasteiger partial charge in [-0.25, -0.2) is 0 Å². The lowest BCUT2D eigenvalue weighted by molar-refractivity contribution is -0.132. The summed E-state index contributed by atoms with van der Waals surface area (Å²) in [5.74, 6) is 0.0276. The van der Waals surface area contributed by atoms with Crippen molar-refractivity contribution in [1.29, 1.82) is 0 Å². The minimum atomic E-state index is -0.554. The number of rotatable bonds is 4. The van der Waals surface area contributed by atoms with E-state index in [2.05, 4.69) is 5.32 Å². The van der Waals surface area contributed by atoms with Gasteiger partial charge in [0.15, 0.2) is 0 Å². The second-order valence-electron chi connectivity index (χ2n) is 7.87. The van der Waals surface area contributed by atoms with E-state index in [1.54, 1.807) is 0 Å². The number of piperidine rings is 1. The van der Waals surface area contributed by atoms with Gasteiger partial charge in [0.1, 0.15) is 0 Å². The third kappa shape index (κ3) is 4.38. The molecule has 0 radical (unpaired) electrons. The van der Waals surface area contributed by atoms with Gasteiger partial charge in [-0.2, -0.15) is 0 Å². The Bertz CT molecular complexity index is 829. The number of nitrogens with one attached hydrogen (secondary N) is 1. The molecule has 0 saturated carbocycles. The number of likely N-dealkylation sites (tertiary alicyclic amines) is 1. The average molecular weight is 364 g/mol. The molecule has 0 bridgehead atoms. The number of carbonyl (C=O) groups excluding carboxylic acids is 2. The summed E-state index contributed by atoms with van der Waals surface area (Å²) in [4.78, 5) is 27.6. The van der Waals surface area contributed by atoms with Crippen LogP contribution in [0.3, 0.4) is 0 Å². The van der Waals surface area contributed by atoms with Crippen LogP contribution in [-0.2, 0) is 11.3 Å². The lowest BCUT2D eigenvalue weighted by Crippen LogP contribution is -2.51. The van der Waals surface area contributed by atoms with Gasteiger partial charge in [-0.3, -0.25) is 9.59 Å². The molecule has 0 spiro atoms. The number of hydrogen-bond donors (Lipinski definition) is 1. The van der Waals surface area contributed by atoms with E-state index in [9.17, 15) is 9.59 Å². The molecule has 2 amide bonds. The van der Waals surface area contributed by atoms with Crippen LogP contribution in [0.2, 0.25) is 0 Å². The van der Waals surface area contributed by atoms with Gasteiger partial charge in [0.05, 0.1) is 5.41 Å². The van der Waals surface area contributed by atoms with Crippen molar-refractivity contribution in [3.8, 4) is 0 Å². The Labute approximate surface area is 161 Å². The number of benzene rings is 2. The van der Waals surface area contributed by atoms with Crippen LogP contribution >= 0.6 is 0 Å². The molecule has 4 heteroatoms. The minimum Gasteiger partial charge on any atom is -0.351 e. The third-order valence-electron chi connectivity index (χ3n) is 5.53. The Kier molecular flexibility index (Phi) is 5.64. The predicted molar refractivity (Wildman–Crippen MR) is 107 cm³/mol. The number of nitrogens with zero attached hydrogens (tertiary/aromatic N) is 1. The Morgan fingerprint density at radius 1 is 1.07 bits per heavy atom. The maximum atomic E-state index is 12.9. The van der Waals surface area contributed by atoms with Crippen molar-refractivity contribution >= 4 is 11.8 Å². The Balaban J connectivity index is 1.66. The number of carbonyl (C=O) groups is 2. The third-order valence-corrected chi connectivity index (χ3v) is 5.53. The van der Waals surface area contributed by atoms with Crippen LogP contribution in [0.1, 0.15) is 46.8 Å². The molecule has 3 rings (SSSR count). The molecule has 1 N–H and O–H groups in total. The van der Waals surface area contributed by atoms with E-state index in [4.69, 9.17) is 0 Å². The molecular formula is C23H28N2O2. The van der Waals surface area contributed by atoms with Crippen LogP contribution in [0.15, 0.2) is 48.5 Å². The first-order chi connectivity index (χ1) is 12.9. The Morgan fingerprint density at radius 2 is 1.78 bits per heavy atom. The highest BCUT2D eigenvalue weighted by Gasteiger charge is 2.39. The lowest BCUT2D eigenvalue weighted by atomic mass is 9.80. The van der Waals surface area contributed by atoms with Crippen LogP contribution in [0, 0.1) is 19.3 Å². The van der Waals surface area contributed by atoms with Crippen molar-refractivity contribution in [1.82, 2.24) is 10.2 Å². The van der Waals surface area contributed by atoms with Crippen LogP contribution in [0.4, 0.5) is 0 Å². The standard InChI is InChI=1S/C23H28N2O2/c1-17-9-11-19(12-10-17)21(26)25-14-6-13-23(3,16-25)22(27)24-15-20-8-5-4-7-18(20)2/h4-5,7-12H,6,13-16H2,1-3H3,(H,24,27)/t23-/m1/s1. The molecule has 1 aliphatic heterocycles. The SMILES string of the molecule is Cc1ccc(C(=O)N2CCC[C@@](C)(C(=O)NCc3ccccc3C)C2)cc1. The normalized spacial score (nSPS) is 19.6. The predicted octanol–water partition coefficient (Wildman–Crippen LogP) is 3.86. The first kappa shape index (κ1) is 19.2. The van der Waals surface area contributed by atoms with Crippen molar-refractivity contribution in [3.05, 3.63) is 70.8 Å². The topological polar surface area (TPSA) is 49.4 Å². The van der Waals surface area contributed by atoms with Gasteiger partial charge >= 0.3 is 0 Å². The van der Waals surface area contributed by atoms with Crippen LogP contribution in [0.5, 0.6) is 0 Å². The fourth-order valence-electron chi connectivity index (χ4n) is 3.67. The van der Waals surface area contributed by atoms with E-state index >= 15 is 0 Å². The Morgan fingerprint density at radius 3 is 2.48 bits per heavy atom. The molecule has 4 nitrogen and oxygen atoms in total. The number of amides is 2. The molecule has 1 atom stereocenters. The molecule has 1 saturated heterocycles. The molecule has 1 heterocycles. The van der Waals surface area contributed by atoms with Crippen molar-refractivity contribution in [2.75, 3.05) is 13.1 Å². The Hall–Kier alpha value is -2.62. The van der Waals surface area contributed by atoms with Gasteiger partial charge in [-0.15, -0.1) is 0 Å². The maximum Gasteiger partial charge on any atom is 0.253 e. The van der Waals surface area contributed by atoms with Gasteiger partial charge in [0, 0.05) is 25.2 Å². The van der Waals surface area contributed by atoms with Crippen molar-refractivity contribution in [3.63, 3.8) is 0 Å². The summed E-state index contributed by atoms with van der Waals surface area (Å²) >= 11 is 0. The van der Waals surface area contributed by atoms with Crippen LogP contribution < -0.4 is 5.32 Å². The minimum absolute atomic E-state index is 0.00706. The van der Waals surface area contributed by atoms with Crippen molar-refractivity contribution in [2.45, 2.75) is 40.2 Å². The molecule has 0 unspecified atom stereocenters. The molecule has 2 aromatic carbocycles. The second-order valence-corrected chi connectivity index (χ2v) is 7.87. The zero-order valence-corrected chi connectivity index (χ0v) is 16.4. The summed E-state index contributed by atoms with van der Waals surface area (Å²) < 4.78 is 0. The van der Waals surface area contributed by atoms with E-state index < -0.39 is 5.41 Å². The smallest absolute Gasteiger partial charge is 0.253 e. The zero-order chi connectivity index (χ0) is 19.4. The summed E-state index contributed by atoms with van der Waals surface area (Å²) in [6.07, 6.45) is 1.64. The highest BCUT2D eigenvalue weighted by Crippen LogP contribution is 2.30. The van der Waals surface area contributed by atoms with E-state index in [1.165, 1.54) is 5.56 Å². The summed E-state index contributed by atoms with van der Waals surface area (Å²) in [6, 6.07) is 15.7. The molecule has 27 heavy (non-hydrogen) atoms. The molecule has 142 valence electrons. The quantitative estimate of drug-likeness (QED) is 0.895. The monoisotopic (exact) mass is 364 g/mol. The highest BCUT2D eigenvalue weighted by molar-refractivity contribution is 5.95. The van der Waals surface area contributed by atoms with Gasteiger partial charge < -0.3 is 10.2 Å². The molecule has 1 fully saturated rings. The highest BCUT2D eigenvalue weighted by atomic mass is 16.2. The number of hydrogen-bond acceptors (Lipinski definition) is 2. The second kappa shape index (κ2) is 7.95. The summed E-state index contributed by atoms with van der Waals surface area (Å²) in [7, 11) is 0. The lowest BCUT2D eigenvalue weighted by Gasteiger charge is -2.39. The fraction of sp³-hybridized carbons (Fsp3) is 0.391. The van der Waals surface area contributed by atoms with E-state index in [1.807, 2.05) is 74.2 Å². The van der Waals surface area contributed by atoms with E-state index in [0.29, 0.717) is 25.2 Å². The summed E-state index contributed by atoms with van der Waals surface area (Å²) in [6.45, 7) is 7.70. The largest absolute Gasteiger partial charge is 0.351 e. The van der Waals surface area contributed by atoms with Crippen LogP contribution in [-0.4, -0.2) is 29.8 Å². The zero-order valence-electron chi connectivity index (χ0n) is 16.4. The first-order valence-electron chi connectivity index (χ1n) is 9.58. The van der Waals surface area contributed by atoms with E-state index in [0.717, 1.165) is 24.0 Å². The molecule has 1 aliphatic rings. The average Bonchev–Trinajstić information content (AvgIpc) is 2.67. The van der Waals surface area contributed by atoms with Gasteiger partial charge in [-0.05, 0) is 56.9 Å². The van der Waals surface area contributed by atoms with Crippen molar-refractivity contribution < 1.29 is 9.59 Å². The molecule has 0 aliphatic carbocycles. The summed E-state index contributed by atoms with van der Waals surface area (Å²) in [5.41, 5.74) is 3.55.